The molecule has 4 nitrogen and oxygen atoms in total. The zero-order valence-corrected chi connectivity index (χ0v) is 7.98. The van der Waals surface area contributed by atoms with Gasteiger partial charge in [0.05, 0.1) is 11.5 Å². The molecule has 0 fully saturated rings. The van der Waals surface area contributed by atoms with Crippen molar-refractivity contribution >= 4 is 5.69 Å². The molecule has 0 unspecified atom stereocenters. The summed E-state index contributed by atoms with van der Waals surface area (Å²) in [7, 11) is 0. The lowest BCUT2D eigenvalue weighted by Gasteiger charge is -2.04. The predicted octanol–water partition coefficient (Wildman–Crippen LogP) is 2.69. The van der Waals surface area contributed by atoms with Crippen LogP contribution in [0, 0.1) is 15.9 Å². The summed E-state index contributed by atoms with van der Waals surface area (Å²) in [5.74, 6) is -0.615. The molecular weight excluding hydrogens is 201 g/mol. The van der Waals surface area contributed by atoms with Gasteiger partial charge in [-0.3, -0.25) is 10.1 Å². The second-order valence-corrected chi connectivity index (χ2v) is 2.79. The number of hydrogen-bond acceptors (Lipinski definition) is 3. The largest absolute Gasteiger partial charge is 0.486 e. The molecule has 0 radical (unpaired) electrons. The number of rotatable bonds is 5. The van der Waals surface area contributed by atoms with Gasteiger partial charge in [0, 0.05) is 12.1 Å². The topological polar surface area (TPSA) is 52.4 Å². The summed E-state index contributed by atoms with van der Waals surface area (Å²) < 4.78 is 17.9. The maximum absolute atomic E-state index is 12.8. The first kappa shape index (κ1) is 11.2. The number of halogens is 1. The smallest absolute Gasteiger partial charge is 0.311 e. The molecule has 1 rings (SSSR count). The van der Waals surface area contributed by atoms with Gasteiger partial charge in [-0.15, -0.1) is 6.58 Å². The summed E-state index contributed by atoms with van der Waals surface area (Å²) in [6.07, 6.45) is 2.17. The second kappa shape index (κ2) is 5.09. The molecule has 0 saturated heterocycles. The highest BCUT2D eigenvalue weighted by Crippen LogP contribution is 2.27. The van der Waals surface area contributed by atoms with Crippen molar-refractivity contribution < 1.29 is 14.1 Å². The molecule has 0 spiro atoms. The molecule has 1 aromatic rings. The van der Waals surface area contributed by atoms with Crippen LogP contribution in [0.4, 0.5) is 10.1 Å². The van der Waals surface area contributed by atoms with Gasteiger partial charge in [0.2, 0.25) is 0 Å². The molecule has 5 heteroatoms. The van der Waals surface area contributed by atoms with Crippen molar-refractivity contribution in [1.29, 1.82) is 0 Å². The lowest BCUT2D eigenvalue weighted by Crippen LogP contribution is -2.00. The van der Waals surface area contributed by atoms with Crippen molar-refractivity contribution in [3.8, 4) is 5.75 Å². The molecule has 0 amide bonds. The van der Waals surface area contributed by atoms with Crippen LogP contribution in [0.1, 0.15) is 6.42 Å². The van der Waals surface area contributed by atoms with Crippen molar-refractivity contribution in [2.45, 2.75) is 6.42 Å². The Kier molecular flexibility index (Phi) is 3.79. The van der Waals surface area contributed by atoms with E-state index in [1.54, 1.807) is 6.08 Å². The molecule has 15 heavy (non-hydrogen) atoms. The van der Waals surface area contributed by atoms with E-state index in [2.05, 4.69) is 6.58 Å². The quantitative estimate of drug-likeness (QED) is 0.325. The normalized spacial score (nSPS) is 9.67. The summed E-state index contributed by atoms with van der Waals surface area (Å²) in [6.45, 7) is 3.72. The first-order valence-electron chi connectivity index (χ1n) is 4.33. The number of nitrogens with zero attached hydrogens (tertiary/aromatic N) is 1. The fourth-order valence-corrected chi connectivity index (χ4v) is 1.01. The molecule has 0 aromatic heterocycles. The molecule has 0 aliphatic carbocycles. The van der Waals surface area contributed by atoms with E-state index in [9.17, 15) is 14.5 Å². The highest BCUT2D eigenvalue weighted by Gasteiger charge is 2.15. The van der Waals surface area contributed by atoms with Gasteiger partial charge in [0.25, 0.3) is 0 Å². The summed E-state index contributed by atoms with van der Waals surface area (Å²) in [5, 5.41) is 10.5. The van der Waals surface area contributed by atoms with Crippen molar-refractivity contribution in [2.75, 3.05) is 6.61 Å². The molecule has 1 aromatic carbocycles. The third-order valence-corrected chi connectivity index (χ3v) is 1.70. The van der Waals surface area contributed by atoms with Crippen molar-refractivity contribution in [3.63, 3.8) is 0 Å². The maximum atomic E-state index is 12.8. The zero-order chi connectivity index (χ0) is 11.3. The minimum absolute atomic E-state index is 0.0538. The van der Waals surface area contributed by atoms with Gasteiger partial charge in [0.1, 0.15) is 5.82 Å². The number of hydrogen-bond donors (Lipinski definition) is 0. The lowest BCUT2D eigenvalue weighted by molar-refractivity contribution is -0.385. The minimum atomic E-state index is -0.608. The van der Waals surface area contributed by atoms with Crippen LogP contribution in [-0.2, 0) is 0 Å². The van der Waals surface area contributed by atoms with Crippen LogP contribution < -0.4 is 4.74 Å². The summed E-state index contributed by atoms with van der Waals surface area (Å²) in [4.78, 5) is 9.94. The first-order valence-corrected chi connectivity index (χ1v) is 4.33. The number of nitro groups is 1. The van der Waals surface area contributed by atoms with Crippen LogP contribution >= 0.6 is 0 Å². The molecule has 0 aliphatic rings. The Bertz CT molecular complexity index is 379. The van der Waals surface area contributed by atoms with E-state index in [0.717, 1.165) is 18.2 Å². The van der Waals surface area contributed by atoms with Crippen LogP contribution in [0.2, 0.25) is 0 Å². The third-order valence-electron chi connectivity index (χ3n) is 1.70. The first-order chi connectivity index (χ1) is 7.15. The number of ether oxygens (including phenoxy) is 1. The van der Waals surface area contributed by atoms with E-state index in [1.165, 1.54) is 0 Å². The molecule has 0 atom stereocenters. The Hall–Kier alpha value is -1.91. The summed E-state index contributed by atoms with van der Waals surface area (Å²) in [5.41, 5.74) is -0.236. The molecule has 80 valence electrons. The predicted molar refractivity (Wildman–Crippen MR) is 53.4 cm³/mol. The van der Waals surface area contributed by atoms with E-state index >= 15 is 0 Å². The Morgan fingerprint density at radius 3 is 2.93 bits per heavy atom. The molecular formula is C10H10FNO3. The number of nitro benzene ring substituents is 1. The van der Waals surface area contributed by atoms with E-state index in [-0.39, 0.29) is 18.0 Å². The third kappa shape index (κ3) is 3.05. The molecule has 0 N–H and O–H groups in total. The Morgan fingerprint density at radius 2 is 2.33 bits per heavy atom. The van der Waals surface area contributed by atoms with Crippen molar-refractivity contribution in [3.05, 3.63) is 46.8 Å². The molecule has 0 bridgehead atoms. The van der Waals surface area contributed by atoms with Gasteiger partial charge in [-0.2, -0.15) is 0 Å². The van der Waals surface area contributed by atoms with Crippen LogP contribution in [0.15, 0.2) is 30.9 Å². The van der Waals surface area contributed by atoms with E-state index < -0.39 is 10.7 Å². The van der Waals surface area contributed by atoms with Gasteiger partial charge in [0.15, 0.2) is 5.75 Å². The summed E-state index contributed by atoms with van der Waals surface area (Å²) in [6, 6.07) is 3.11. The van der Waals surface area contributed by atoms with Crippen LogP contribution in [0.3, 0.4) is 0 Å². The summed E-state index contributed by atoms with van der Waals surface area (Å²) >= 11 is 0. The van der Waals surface area contributed by atoms with Gasteiger partial charge < -0.3 is 4.74 Å². The molecule has 0 aliphatic heterocycles. The molecule has 0 saturated carbocycles. The van der Waals surface area contributed by atoms with E-state index in [4.69, 9.17) is 4.74 Å². The van der Waals surface area contributed by atoms with Crippen LogP contribution in [0.5, 0.6) is 5.75 Å². The van der Waals surface area contributed by atoms with Crippen molar-refractivity contribution in [2.24, 2.45) is 0 Å². The van der Waals surface area contributed by atoms with Gasteiger partial charge in [-0.1, -0.05) is 6.08 Å². The van der Waals surface area contributed by atoms with Gasteiger partial charge in [-0.25, -0.2) is 4.39 Å². The van der Waals surface area contributed by atoms with E-state index in [0.29, 0.717) is 6.42 Å². The Morgan fingerprint density at radius 1 is 1.60 bits per heavy atom. The molecule has 0 heterocycles. The lowest BCUT2D eigenvalue weighted by atomic mass is 10.3. The monoisotopic (exact) mass is 211 g/mol. The number of benzene rings is 1. The highest BCUT2D eigenvalue weighted by molar-refractivity contribution is 5.46. The average Bonchev–Trinajstić information content (AvgIpc) is 2.18. The zero-order valence-electron chi connectivity index (χ0n) is 7.98. The van der Waals surface area contributed by atoms with Gasteiger partial charge in [-0.05, 0) is 12.5 Å². The fourth-order valence-electron chi connectivity index (χ4n) is 1.01. The Labute approximate surface area is 86.1 Å². The van der Waals surface area contributed by atoms with E-state index in [1.807, 2.05) is 0 Å². The average molecular weight is 211 g/mol. The van der Waals surface area contributed by atoms with Crippen LogP contribution in [-0.4, -0.2) is 11.5 Å². The second-order valence-electron chi connectivity index (χ2n) is 2.79. The standard InChI is InChI=1S/C10H10FNO3/c1-2-3-6-15-10-7-8(11)4-5-9(10)12(13)14/h2,4-5,7H,1,3,6H2. The van der Waals surface area contributed by atoms with Gasteiger partial charge >= 0.3 is 5.69 Å². The minimum Gasteiger partial charge on any atom is -0.486 e. The van der Waals surface area contributed by atoms with Crippen LogP contribution in [0.25, 0.3) is 0 Å². The highest BCUT2D eigenvalue weighted by atomic mass is 19.1. The SMILES string of the molecule is C=CCCOc1cc(F)ccc1[N+](=O)[O-]. The van der Waals surface area contributed by atoms with Crippen molar-refractivity contribution in [1.82, 2.24) is 0 Å². The fraction of sp³-hybridized carbons (Fsp3) is 0.200. The Balaban J connectivity index is 2.86. The maximum Gasteiger partial charge on any atom is 0.311 e.